The van der Waals surface area contributed by atoms with Gasteiger partial charge in [0.05, 0.1) is 15.9 Å². The van der Waals surface area contributed by atoms with Gasteiger partial charge in [-0.05, 0) is 61.4 Å². The zero-order valence-corrected chi connectivity index (χ0v) is 22.0. The zero-order valence-electron chi connectivity index (χ0n) is 20.2. The first kappa shape index (κ1) is 24.0. The third kappa shape index (κ3) is 5.67. The molecule has 2 aromatic heterocycles. The lowest BCUT2D eigenvalue weighted by molar-refractivity contribution is -0.121. The fourth-order valence-corrected chi connectivity index (χ4v) is 5.65. The molecule has 0 saturated heterocycles. The summed E-state index contributed by atoms with van der Waals surface area (Å²) in [5.41, 5.74) is 3.70. The first-order valence-electron chi connectivity index (χ1n) is 11.7. The molecule has 1 fully saturated rings. The quantitative estimate of drug-likeness (QED) is 0.405. The van der Waals surface area contributed by atoms with Crippen LogP contribution in [0.2, 0.25) is 18.1 Å². The molecule has 0 bridgehead atoms. The van der Waals surface area contributed by atoms with Crippen molar-refractivity contribution in [1.82, 2.24) is 15.0 Å². The van der Waals surface area contributed by atoms with E-state index in [0.717, 1.165) is 53.6 Å². The molecule has 1 aliphatic carbocycles. The van der Waals surface area contributed by atoms with Crippen molar-refractivity contribution in [2.45, 2.75) is 64.6 Å². The number of carbonyl (C=O) groups excluding carboxylic acids is 1. The Morgan fingerprint density at radius 1 is 1.18 bits per heavy atom. The summed E-state index contributed by atoms with van der Waals surface area (Å²) >= 11 is 1.59. The Bertz CT molecular complexity index is 1100. The second kappa shape index (κ2) is 9.60. The van der Waals surface area contributed by atoms with E-state index in [1.807, 2.05) is 29.9 Å². The number of anilines is 1. The Morgan fingerprint density at radius 3 is 2.61 bits per heavy atom. The number of aromatic nitrogens is 3. The highest BCUT2D eigenvalue weighted by Gasteiger charge is 2.38. The first-order valence-corrected chi connectivity index (χ1v) is 15.5. The molecule has 0 atom stereocenters. The van der Waals surface area contributed by atoms with Crippen LogP contribution in [-0.2, 0) is 9.22 Å². The number of rotatable bonds is 6. The second-order valence-corrected chi connectivity index (χ2v) is 16.3. The van der Waals surface area contributed by atoms with Gasteiger partial charge in [0.25, 0.3) is 0 Å². The molecule has 2 heterocycles. The maximum absolute atomic E-state index is 12.9. The van der Waals surface area contributed by atoms with E-state index in [1.165, 1.54) is 0 Å². The molecule has 1 aliphatic rings. The molecule has 0 aliphatic heterocycles. The molecule has 1 amide bonds. The number of nitrogens with zero attached hydrogens (tertiary/aromatic N) is 3. The third-order valence-electron chi connectivity index (χ3n) is 7.24. The van der Waals surface area contributed by atoms with Gasteiger partial charge in [-0.2, -0.15) is 0 Å². The van der Waals surface area contributed by atoms with Crippen LogP contribution in [0.3, 0.4) is 0 Å². The topological polar surface area (TPSA) is 77.0 Å². The maximum atomic E-state index is 12.9. The Labute approximate surface area is 201 Å². The van der Waals surface area contributed by atoms with Gasteiger partial charge in [0.1, 0.15) is 0 Å². The predicted octanol–water partition coefficient (Wildman–Crippen LogP) is 6.52. The molecule has 4 rings (SSSR count). The molecule has 1 saturated carbocycles. The van der Waals surface area contributed by atoms with E-state index < -0.39 is 8.32 Å². The van der Waals surface area contributed by atoms with Gasteiger partial charge in [0.15, 0.2) is 8.32 Å². The van der Waals surface area contributed by atoms with Crippen molar-refractivity contribution in [3.05, 3.63) is 36.1 Å². The molecule has 3 aromatic rings. The van der Waals surface area contributed by atoms with E-state index in [2.05, 4.69) is 54.1 Å². The highest BCUT2D eigenvalue weighted by molar-refractivity contribution is 7.13. The molecule has 1 aromatic carbocycles. The van der Waals surface area contributed by atoms with Gasteiger partial charge in [-0.25, -0.2) is 9.97 Å². The lowest BCUT2D eigenvalue weighted by Gasteiger charge is -2.38. The summed E-state index contributed by atoms with van der Waals surface area (Å²) in [5, 5.41) is 4.13. The molecular formula is C25H34N4O2SSi. The fourth-order valence-electron chi connectivity index (χ4n) is 3.94. The Balaban J connectivity index is 1.33. The zero-order chi connectivity index (χ0) is 23.6. The summed E-state index contributed by atoms with van der Waals surface area (Å²) < 4.78 is 6.42. The summed E-state index contributed by atoms with van der Waals surface area (Å²) in [6, 6.07) is 6.07. The fraction of sp³-hybridized carbons (Fsp3) is 0.520. The van der Waals surface area contributed by atoms with Crippen LogP contribution in [-0.4, -0.2) is 35.8 Å². The second-order valence-electron chi connectivity index (χ2n) is 10.6. The highest BCUT2D eigenvalue weighted by atomic mass is 32.1. The van der Waals surface area contributed by atoms with Crippen molar-refractivity contribution in [3.8, 4) is 10.4 Å². The minimum absolute atomic E-state index is 0.0111. The minimum Gasteiger partial charge on any atom is -0.417 e. The SMILES string of the molecule is CC(C)(C)[Si](C)(C)OCC1CCC(C(=O)Nc2ncc3ccc(-c4cncs4)cc3n2)CC1. The van der Waals surface area contributed by atoms with Crippen molar-refractivity contribution >= 4 is 42.4 Å². The van der Waals surface area contributed by atoms with Crippen LogP contribution in [0.5, 0.6) is 0 Å². The number of nitrogens with one attached hydrogen (secondary N) is 1. The number of carbonyl (C=O) groups is 1. The lowest BCUT2D eigenvalue weighted by atomic mass is 9.82. The molecule has 1 N–H and O–H groups in total. The van der Waals surface area contributed by atoms with Gasteiger partial charge < -0.3 is 4.43 Å². The smallest absolute Gasteiger partial charge is 0.229 e. The molecule has 8 heteroatoms. The van der Waals surface area contributed by atoms with E-state index in [1.54, 1.807) is 17.5 Å². The largest absolute Gasteiger partial charge is 0.417 e. The number of benzene rings is 1. The molecule has 0 unspecified atom stereocenters. The van der Waals surface area contributed by atoms with Gasteiger partial charge in [0, 0.05) is 30.3 Å². The van der Waals surface area contributed by atoms with E-state index >= 15 is 0 Å². The average Bonchev–Trinajstić information content (AvgIpc) is 3.32. The van der Waals surface area contributed by atoms with E-state index in [9.17, 15) is 4.79 Å². The third-order valence-corrected chi connectivity index (χ3v) is 12.6. The molecule has 176 valence electrons. The van der Waals surface area contributed by atoms with Gasteiger partial charge in [0.2, 0.25) is 11.9 Å². The van der Waals surface area contributed by atoms with Crippen molar-refractivity contribution in [1.29, 1.82) is 0 Å². The number of amides is 1. The normalized spacial score (nSPS) is 19.5. The summed E-state index contributed by atoms with van der Waals surface area (Å²) in [4.78, 5) is 27.1. The number of fused-ring (bicyclic) bond motifs is 1. The molecule has 33 heavy (non-hydrogen) atoms. The van der Waals surface area contributed by atoms with Crippen LogP contribution in [0.15, 0.2) is 36.1 Å². The van der Waals surface area contributed by atoms with Crippen LogP contribution >= 0.6 is 11.3 Å². The lowest BCUT2D eigenvalue weighted by Crippen LogP contribution is -2.42. The first-order chi connectivity index (χ1) is 15.6. The monoisotopic (exact) mass is 482 g/mol. The van der Waals surface area contributed by atoms with E-state index in [0.29, 0.717) is 11.9 Å². The molecule has 0 radical (unpaired) electrons. The summed E-state index contributed by atoms with van der Waals surface area (Å²) in [6.45, 7) is 12.2. The molecule has 6 nitrogen and oxygen atoms in total. The van der Waals surface area contributed by atoms with Crippen LogP contribution < -0.4 is 5.32 Å². The van der Waals surface area contributed by atoms with Crippen molar-refractivity contribution in [2.75, 3.05) is 11.9 Å². The summed E-state index contributed by atoms with van der Waals surface area (Å²) in [5.74, 6) is 0.955. The van der Waals surface area contributed by atoms with Crippen LogP contribution in [0, 0.1) is 11.8 Å². The van der Waals surface area contributed by atoms with Crippen LogP contribution in [0.1, 0.15) is 46.5 Å². The number of hydrogen-bond donors (Lipinski definition) is 1. The van der Waals surface area contributed by atoms with E-state index in [4.69, 9.17) is 4.43 Å². The Hall–Kier alpha value is -2.16. The summed E-state index contributed by atoms with van der Waals surface area (Å²) in [7, 11) is -1.72. The molecular weight excluding hydrogens is 448 g/mol. The van der Waals surface area contributed by atoms with Crippen molar-refractivity contribution in [2.24, 2.45) is 11.8 Å². The number of hydrogen-bond acceptors (Lipinski definition) is 6. The Kier molecular flexibility index (Phi) is 6.98. The van der Waals surface area contributed by atoms with Crippen molar-refractivity contribution < 1.29 is 9.22 Å². The average molecular weight is 483 g/mol. The van der Waals surface area contributed by atoms with Gasteiger partial charge >= 0.3 is 0 Å². The Morgan fingerprint density at radius 2 is 1.94 bits per heavy atom. The summed E-state index contributed by atoms with van der Waals surface area (Å²) in [6.07, 6.45) is 7.46. The van der Waals surface area contributed by atoms with Crippen molar-refractivity contribution in [3.63, 3.8) is 0 Å². The molecule has 0 spiro atoms. The van der Waals surface area contributed by atoms with E-state index in [-0.39, 0.29) is 16.9 Å². The van der Waals surface area contributed by atoms with Gasteiger partial charge in [-0.15, -0.1) is 11.3 Å². The van der Waals surface area contributed by atoms with Gasteiger partial charge in [-0.1, -0.05) is 32.9 Å². The predicted molar refractivity (Wildman–Crippen MR) is 138 cm³/mol. The van der Waals surface area contributed by atoms with Crippen LogP contribution in [0.4, 0.5) is 5.95 Å². The standard InChI is InChI=1S/C25H34N4O2SSi/c1-25(2,3)33(4,5)31-15-17-6-8-18(9-7-17)23(30)29-24-27-13-20-11-10-19(12-21(20)28-24)22-14-26-16-32-22/h10-14,16-18H,6-9,15H2,1-5H3,(H,27,28,29,30). The van der Waals surface area contributed by atoms with Gasteiger partial charge in [-0.3, -0.25) is 15.1 Å². The number of thiazole rings is 1. The highest BCUT2D eigenvalue weighted by Crippen LogP contribution is 2.38. The van der Waals surface area contributed by atoms with Crippen LogP contribution in [0.25, 0.3) is 21.3 Å². The maximum Gasteiger partial charge on any atom is 0.229 e. The minimum atomic E-state index is -1.72.